The molecule has 0 fully saturated rings. The summed E-state index contributed by atoms with van der Waals surface area (Å²) in [6, 6.07) is 18.2. The highest BCUT2D eigenvalue weighted by Gasteiger charge is 2.39. The van der Waals surface area contributed by atoms with E-state index < -0.39 is 23.7 Å². The molecule has 4 rings (SSSR count). The minimum atomic E-state index is -0.622. The molecule has 0 unspecified atom stereocenters. The first-order valence-electron chi connectivity index (χ1n) is 11.5. The van der Waals surface area contributed by atoms with Gasteiger partial charge >= 0.3 is 5.97 Å². The second kappa shape index (κ2) is 10.7. The van der Waals surface area contributed by atoms with Crippen molar-refractivity contribution in [1.82, 2.24) is 0 Å². The molecule has 3 aromatic carbocycles. The normalized spacial score (nSPS) is 13.1. The molecule has 2 N–H and O–H groups in total. The largest absolute Gasteiger partial charge is 0.462 e. The number of nitrogens with one attached hydrogen (secondary N) is 2. The van der Waals surface area contributed by atoms with Crippen LogP contribution in [-0.4, -0.2) is 30.3 Å². The van der Waals surface area contributed by atoms with Gasteiger partial charge in [0.05, 0.1) is 17.9 Å². The van der Waals surface area contributed by atoms with Crippen LogP contribution in [0.15, 0.2) is 77.5 Å². The number of carbonyl (C=O) groups excluding carboxylic acids is 4. The van der Waals surface area contributed by atoms with Gasteiger partial charge in [0.2, 0.25) is 0 Å². The maximum atomic E-state index is 13.2. The Balaban J connectivity index is 1.50. The first-order valence-corrected chi connectivity index (χ1v) is 11.9. The summed E-state index contributed by atoms with van der Waals surface area (Å²) in [4.78, 5) is 51.7. The van der Waals surface area contributed by atoms with Crippen LogP contribution in [0.25, 0.3) is 0 Å². The van der Waals surface area contributed by atoms with E-state index in [-0.39, 0.29) is 17.3 Å². The van der Waals surface area contributed by atoms with Gasteiger partial charge in [-0.05, 0) is 80.4 Å². The SMILES string of the molecule is CCOC(=O)c1ccc(NC(=O)c2cccc(NC3=C(Cl)C(=O)N(c4cc(C)ccc4C)C3=O)c2)cc1. The Morgan fingerprint density at radius 1 is 0.892 bits per heavy atom. The molecular formula is C28H24ClN3O5. The van der Waals surface area contributed by atoms with Gasteiger partial charge in [-0.2, -0.15) is 0 Å². The Hall–Kier alpha value is -4.43. The highest BCUT2D eigenvalue weighted by molar-refractivity contribution is 6.53. The van der Waals surface area contributed by atoms with Crippen LogP contribution in [0.5, 0.6) is 0 Å². The number of esters is 1. The second-order valence-corrected chi connectivity index (χ2v) is 8.76. The van der Waals surface area contributed by atoms with Gasteiger partial charge in [-0.1, -0.05) is 29.8 Å². The van der Waals surface area contributed by atoms with E-state index in [1.54, 1.807) is 62.4 Å². The number of carbonyl (C=O) groups is 4. The minimum Gasteiger partial charge on any atom is -0.462 e. The Kier molecular flexibility index (Phi) is 7.40. The summed E-state index contributed by atoms with van der Waals surface area (Å²) in [6.45, 7) is 5.67. The van der Waals surface area contributed by atoms with Gasteiger partial charge in [-0.25, -0.2) is 9.69 Å². The van der Waals surface area contributed by atoms with Gasteiger partial charge in [0.15, 0.2) is 0 Å². The lowest BCUT2D eigenvalue weighted by atomic mass is 10.1. The summed E-state index contributed by atoms with van der Waals surface area (Å²) in [5, 5.41) is 5.42. The zero-order valence-electron chi connectivity index (χ0n) is 20.4. The first-order chi connectivity index (χ1) is 17.7. The third-order valence-electron chi connectivity index (χ3n) is 5.68. The van der Waals surface area contributed by atoms with Crippen molar-refractivity contribution in [2.24, 2.45) is 0 Å². The minimum absolute atomic E-state index is 0.0697. The molecule has 0 saturated heterocycles. The van der Waals surface area contributed by atoms with E-state index in [2.05, 4.69) is 10.6 Å². The van der Waals surface area contributed by atoms with Crippen molar-refractivity contribution in [1.29, 1.82) is 0 Å². The fourth-order valence-corrected chi connectivity index (χ4v) is 3.99. The molecule has 37 heavy (non-hydrogen) atoms. The zero-order chi connectivity index (χ0) is 26.7. The molecule has 1 aliphatic heterocycles. The van der Waals surface area contributed by atoms with Gasteiger partial charge in [0.25, 0.3) is 17.7 Å². The molecule has 0 aliphatic carbocycles. The fourth-order valence-electron chi connectivity index (χ4n) is 3.78. The number of anilines is 3. The number of rotatable bonds is 7. The van der Waals surface area contributed by atoms with Crippen molar-refractivity contribution in [2.45, 2.75) is 20.8 Å². The molecule has 3 aromatic rings. The summed E-state index contributed by atoms with van der Waals surface area (Å²) in [5.74, 6) is -2.05. The van der Waals surface area contributed by atoms with Crippen LogP contribution in [0.1, 0.15) is 38.8 Å². The maximum Gasteiger partial charge on any atom is 0.338 e. The van der Waals surface area contributed by atoms with Crippen LogP contribution >= 0.6 is 11.6 Å². The highest BCUT2D eigenvalue weighted by atomic mass is 35.5. The van der Waals surface area contributed by atoms with E-state index >= 15 is 0 Å². The first kappa shape index (κ1) is 25.7. The topological polar surface area (TPSA) is 105 Å². The predicted octanol–water partition coefficient (Wildman–Crippen LogP) is 5.17. The average Bonchev–Trinajstić information content (AvgIpc) is 3.09. The molecule has 0 radical (unpaired) electrons. The van der Waals surface area contributed by atoms with Crippen LogP contribution in [0, 0.1) is 13.8 Å². The van der Waals surface area contributed by atoms with E-state index in [1.165, 1.54) is 6.07 Å². The summed E-state index contributed by atoms with van der Waals surface area (Å²) < 4.78 is 4.96. The number of imide groups is 1. The predicted molar refractivity (Wildman–Crippen MR) is 142 cm³/mol. The number of aryl methyl sites for hydroxylation is 2. The Bertz CT molecular complexity index is 1450. The number of hydrogen-bond acceptors (Lipinski definition) is 6. The molecule has 9 heteroatoms. The lowest BCUT2D eigenvalue weighted by molar-refractivity contribution is -0.120. The zero-order valence-corrected chi connectivity index (χ0v) is 21.2. The van der Waals surface area contributed by atoms with Gasteiger partial charge in [0, 0.05) is 16.9 Å². The molecular weight excluding hydrogens is 494 g/mol. The van der Waals surface area contributed by atoms with Crippen molar-refractivity contribution >= 4 is 52.4 Å². The lowest BCUT2D eigenvalue weighted by Gasteiger charge is -2.18. The lowest BCUT2D eigenvalue weighted by Crippen LogP contribution is -2.33. The van der Waals surface area contributed by atoms with Gasteiger partial charge < -0.3 is 15.4 Å². The molecule has 188 valence electrons. The number of nitrogens with zero attached hydrogens (tertiary/aromatic N) is 1. The second-order valence-electron chi connectivity index (χ2n) is 8.38. The van der Waals surface area contributed by atoms with E-state index in [0.717, 1.165) is 16.0 Å². The van der Waals surface area contributed by atoms with E-state index in [1.807, 2.05) is 19.1 Å². The summed E-state index contributed by atoms with van der Waals surface area (Å²) in [5.41, 5.74) is 3.62. The molecule has 0 atom stereocenters. The number of hydrogen-bond donors (Lipinski definition) is 2. The third kappa shape index (κ3) is 5.39. The standard InChI is InChI=1S/C28H24ClN3O5/c1-4-37-28(36)18-10-12-20(13-11-18)31-25(33)19-6-5-7-21(15-19)30-24-23(29)26(34)32(27(24)35)22-14-16(2)8-9-17(22)3/h5-15,30H,4H2,1-3H3,(H,31,33). The molecule has 0 aromatic heterocycles. The van der Waals surface area contributed by atoms with Gasteiger partial charge in [-0.3, -0.25) is 14.4 Å². The van der Waals surface area contributed by atoms with Gasteiger partial charge in [-0.15, -0.1) is 0 Å². The van der Waals surface area contributed by atoms with Crippen molar-refractivity contribution in [2.75, 3.05) is 22.1 Å². The van der Waals surface area contributed by atoms with E-state index in [4.69, 9.17) is 16.3 Å². The number of benzene rings is 3. The van der Waals surface area contributed by atoms with Crippen molar-refractivity contribution < 1.29 is 23.9 Å². The highest BCUT2D eigenvalue weighted by Crippen LogP contribution is 2.32. The van der Waals surface area contributed by atoms with Crippen LogP contribution in [0.2, 0.25) is 0 Å². The van der Waals surface area contributed by atoms with Crippen LogP contribution in [0.3, 0.4) is 0 Å². The van der Waals surface area contributed by atoms with Crippen LogP contribution < -0.4 is 15.5 Å². The molecule has 0 bridgehead atoms. The smallest absolute Gasteiger partial charge is 0.338 e. The van der Waals surface area contributed by atoms with Crippen LogP contribution in [0.4, 0.5) is 17.1 Å². The van der Waals surface area contributed by atoms with E-state index in [0.29, 0.717) is 28.2 Å². The third-order valence-corrected chi connectivity index (χ3v) is 6.03. The van der Waals surface area contributed by atoms with Crippen molar-refractivity contribution in [3.63, 3.8) is 0 Å². The molecule has 3 amide bonds. The number of ether oxygens (including phenoxy) is 1. The number of halogens is 1. The Morgan fingerprint density at radius 2 is 1.62 bits per heavy atom. The van der Waals surface area contributed by atoms with Crippen molar-refractivity contribution in [3.8, 4) is 0 Å². The Morgan fingerprint density at radius 3 is 2.32 bits per heavy atom. The molecule has 1 aliphatic rings. The summed E-state index contributed by atoms with van der Waals surface area (Å²) >= 11 is 6.27. The molecule has 1 heterocycles. The maximum absolute atomic E-state index is 13.2. The van der Waals surface area contributed by atoms with Gasteiger partial charge in [0.1, 0.15) is 10.7 Å². The quantitative estimate of drug-likeness (QED) is 0.331. The average molecular weight is 518 g/mol. The monoisotopic (exact) mass is 517 g/mol. The number of amides is 3. The van der Waals surface area contributed by atoms with Crippen molar-refractivity contribution in [3.05, 3.63) is 99.7 Å². The molecule has 0 spiro atoms. The Labute approximate surface area is 218 Å². The van der Waals surface area contributed by atoms with Crippen LogP contribution in [-0.2, 0) is 14.3 Å². The molecule has 8 nitrogen and oxygen atoms in total. The summed E-state index contributed by atoms with van der Waals surface area (Å²) in [6.07, 6.45) is 0. The fraction of sp³-hybridized carbons (Fsp3) is 0.143. The molecule has 0 saturated carbocycles. The van der Waals surface area contributed by atoms with E-state index in [9.17, 15) is 19.2 Å². The summed E-state index contributed by atoms with van der Waals surface area (Å²) in [7, 11) is 0.